The topological polar surface area (TPSA) is 102 Å². The van der Waals surface area contributed by atoms with Crippen molar-refractivity contribution in [3.05, 3.63) is 17.8 Å². The van der Waals surface area contributed by atoms with Crippen molar-refractivity contribution in [2.75, 3.05) is 25.2 Å². The van der Waals surface area contributed by atoms with Crippen LogP contribution in [0.1, 0.15) is 30.8 Å². The normalized spacial score (nSPS) is 10.5. The molecular formula is C12H21N5O2. The smallest absolute Gasteiger partial charge is 0.271 e. The van der Waals surface area contributed by atoms with Gasteiger partial charge in [0, 0.05) is 13.2 Å². The van der Waals surface area contributed by atoms with Crippen LogP contribution < -0.4 is 16.6 Å². The first-order valence-corrected chi connectivity index (χ1v) is 6.29. The van der Waals surface area contributed by atoms with E-state index >= 15 is 0 Å². The lowest BCUT2D eigenvalue weighted by atomic mass is 10.1. The average molecular weight is 267 g/mol. The number of hydrogen-bond donors (Lipinski definition) is 3. The van der Waals surface area contributed by atoms with Crippen LogP contribution in [-0.4, -0.2) is 35.9 Å². The molecule has 0 bridgehead atoms. The van der Waals surface area contributed by atoms with E-state index in [2.05, 4.69) is 34.8 Å². The molecule has 7 heteroatoms. The van der Waals surface area contributed by atoms with Gasteiger partial charge in [-0.1, -0.05) is 13.8 Å². The van der Waals surface area contributed by atoms with Gasteiger partial charge in [0.05, 0.1) is 6.61 Å². The van der Waals surface area contributed by atoms with Gasteiger partial charge >= 0.3 is 0 Å². The highest BCUT2D eigenvalue weighted by Crippen LogP contribution is 2.00. The Labute approximate surface area is 112 Å². The Balaban J connectivity index is 2.20. The van der Waals surface area contributed by atoms with Crippen LogP contribution in [0.4, 0.5) is 5.82 Å². The lowest BCUT2D eigenvalue weighted by Gasteiger charge is -2.07. The molecule has 106 valence electrons. The highest BCUT2D eigenvalue weighted by atomic mass is 16.5. The van der Waals surface area contributed by atoms with Crippen molar-refractivity contribution < 1.29 is 9.53 Å². The number of carbonyl (C=O) groups excluding carboxylic acids is 1. The van der Waals surface area contributed by atoms with Gasteiger partial charge in [-0.25, -0.2) is 5.84 Å². The van der Waals surface area contributed by atoms with Gasteiger partial charge in [0.1, 0.15) is 0 Å². The Morgan fingerprint density at radius 2 is 2.16 bits per heavy atom. The molecule has 0 atom stereocenters. The molecule has 0 aliphatic carbocycles. The molecule has 0 spiro atoms. The Hall–Kier alpha value is -1.73. The highest BCUT2D eigenvalue weighted by Gasteiger charge is 2.06. The molecule has 1 amide bonds. The van der Waals surface area contributed by atoms with Crippen LogP contribution in [0.15, 0.2) is 12.1 Å². The van der Waals surface area contributed by atoms with E-state index in [9.17, 15) is 4.79 Å². The van der Waals surface area contributed by atoms with Crippen LogP contribution in [0, 0.1) is 5.92 Å². The molecule has 7 nitrogen and oxygen atoms in total. The summed E-state index contributed by atoms with van der Waals surface area (Å²) in [7, 11) is 0. The quantitative estimate of drug-likeness (QED) is 0.361. The number of rotatable bonds is 8. The molecule has 0 unspecified atom stereocenters. The van der Waals surface area contributed by atoms with E-state index in [1.165, 1.54) is 0 Å². The second-order valence-electron chi connectivity index (χ2n) is 4.50. The Kier molecular flexibility index (Phi) is 6.76. The maximum Gasteiger partial charge on any atom is 0.271 e. The van der Waals surface area contributed by atoms with Crippen molar-refractivity contribution >= 4 is 11.7 Å². The van der Waals surface area contributed by atoms with E-state index in [1.54, 1.807) is 12.1 Å². The van der Waals surface area contributed by atoms with Crippen LogP contribution in [0.25, 0.3) is 0 Å². The average Bonchev–Trinajstić information content (AvgIpc) is 2.42. The molecular weight excluding hydrogens is 246 g/mol. The summed E-state index contributed by atoms with van der Waals surface area (Å²) in [6.45, 7) is 5.95. The maximum absolute atomic E-state index is 11.7. The molecule has 0 aliphatic heterocycles. The van der Waals surface area contributed by atoms with Crippen molar-refractivity contribution in [1.82, 2.24) is 15.5 Å². The molecule has 4 N–H and O–H groups in total. The van der Waals surface area contributed by atoms with E-state index in [4.69, 9.17) is 10.6 Å². The van der Waals surface area contributed by atoms with Crippen LogP contribution in [0.5, 0.6) is 0 Å². The zero-order chi connectivity index (χ0) is 14.1. The molecule has 1 aromatic heterocycles. The van der Waals surface area contributed by atoms with Gasteiger partial charge in [0.25, 0.3) is 5.91 Å². The predicted molar refractivity (Wildman–Crippen MR) is 72.4 cm³/mol. The Morgan fingerprint density at radius 3 is 2.74 bits per heavy atom. The highest BCUT2D eigenvalue weighted by molar-refractivity contribution is 5.92. The van der Waals surface area contributed by atoms with Crippen molar-refractivity contribution in [2.24, 2.45) is 11.8 Å². The number of nitrogens with two attached hydrogens (primary N) is 1. The number of ether oxygens (including phenoxy) is 1. The van der Waals surface area contributed by atoms with Gasteiger partial charge in [0.2, 0.25) is 0 Å². The van der Waals surface area contributed by atoms with Gasteiger partial charge in [-0.3, -0.25) is 4.79 Å². The number of nitrogen functional groups attached to an aromatic ring is 1. The number of nitrogens with zero attached hydrogens (tertiary/aromatic N) is 2. The third kappa shape index (κ3) is 6.12. The van der Waals surface area contributed by atoms with Crippen molar-refractivity contribution in [3.63, 3.8) is 0 Å². The summed E-state index contributed by atoms with van der Waals surface area (Å²) >= 11 is 0. The zero-order valence-electron chi connectivity index (χ0n) is 11.3. The minimum absolute atomic E-state index is 0.251. The fourth-order valence-electron chi connectivity index (χ4n) is 1.28. The standard InChI is InChI=1S/C12H21N5O2/c1-9(2)5-7-19-8-6-14-12(18)10-3-4-11(15-13)17-16-10/h3-4,9H,5-8,13H2,1-2H3,(H,14,18)(H,15,17). The van der Waals surface area contributed by atoms with Gasteiger partial charge in [-0.05, 0) is 24.5 Å². The molecule has 0 fully saturated rings. The summed E-state index contributed by atoms with van der Waals surface area (Å²) in [5.41, 5.74) is 2.59. The monoisotopic (exact) mass is 267 g/mol. The third-order valence-electron chi connectivity index (χ3n) is 2.42. The minimum atomic E-state index is -0.275. The minimum Gasteiger partial charge on any atom is -0.380 e. The van der Waals surface area contributed by atoms with E-state index in [1.807, 2.05) is 0 Å². The summed E-state index contributed by atoms with van der Waals surface area (Å²) in [5, 5.41) is 10.2. The molecule has 0 aliphatic rings. The summed E-state index contributed by atoms with van der Waals surface area (Å²) in [4.78, 5) is 11.7. The second-order valence-corrected chi connectivity index (χ2v) is 4.50. The van der Waals surface area contributed by atoms with Gasteiger partial charge < -0.3 is 15.5 Å². The van der Waals surface area contributed by atoms with E-state index < -0.39 is 0 Å². The first-order chi connectivity index (χ1) is 9.13. The van der Waals surface area contributed by atoms with Crippen molar-refractivity contribution in [2.45, 2.75) is 20.3 Å². The molecule has 19 heavy (non-hydrogen) atoms. The summed E-state index contributed by atoms with van der Waals surface area (Å²) < 4.78 is 5.39. The summed E-state index contributed by atoms with van der Waals surface area (Å²) in [5.74, 6) is 5.92. The van der Waals surface area contributed by atoms with Crippen LogP contribution >= 0.6 is 0 Å². The molecule has 0 saturated heterocycles. The predicted octanol–water partition coefficient (Wildman–Crippen LogP) is 0.555. The molecule has 0 aromatic carbocycles. The van der Waals surface area contributed by atoms with Crippen LogP contribution in [0.2, 0.25) is 0 Å². The maximum atomic E-state index is 11.7. The van der Waals surface area contributed by atoms with Crippen LogP contribution in [0.3, 0.4) is 0 Å². The Morgan fingerprint density at radius 1 is 1.37 bits per heavy atom. The molecule has 0 saturated carbocycles. The lowest BCUT2D eigenvalue weighted by molar-refractivity contribution is 0.0900. The second kappa shape index (κ2) is 8.39. The van der Waals surface area contributed by atoms with Gasteiger partial charge in [0.15, 0.2) is 11.5 Å². The van der Waals surface area contributed by atoms with E-state index in [0.29, 0.717) is 31.5 Å². The van der Waals surface area contributed by atoms with E-state index in [-0.39, 0.29) is 11.6 Å². The molecule has 1 aromatic rings. The molecule has 1 heterocycles. The number of aromatic nitrogens is 2. The summed E-state index contributed by atoms with van der Waals surface area (Å²) in [6.07, 6.45) is 1.02. The van der Waals surface area contributed by atoms with Crippen molar-refractivity contribution in [1.29, 1.82) is 0 Å². The number of hydrogen-bond acceptors (Lipinski definition) is 6. The Bertz CT molecular complexity index is 380. The first-order valence-electron chi connectivity index (χ1n) is 6.29. The third-order valence-corrected chi connectivity index (χ3v) is 2.42. The van der Waals surface area contributed by atoms with Crippen molar-refractivity contribution in [3.8, 4) is 0 Å². The van der Waals surface area contributed by atoms with Gasteiger partial charge in [-0.2, -0.15) is 0 Å². The number of nitrogens with one attached hydrogen (secondary N) is 2. The number of hydrazine groups is 1. The van der Waals surface area contributed by atoms with Crippen LogP contribution in [-0.2, 0) is 4.74 Å². The number of carbonyl (C=O) groups is 1. The fraction of sp³-hybridized carbons (Fsp3) is 0.583. The van der Waals surface area contributed by atoms with Gasteiger partial charge in [-0.15, -0.1) is 10.2 Å². The SMILES string of the molecule is CC(C)CCOCCNC(=O)c1ccc(NN)nn1. The summed E-state index contributed by atoms with van der Waals surface area (Å²) in [6, 6.07) is 3.14. The number of amides is 1. The largest absolute Gasteiger partial charge is 0.380 e. The first kappa shape index (κ1) is 15.3. The molecule has 0 radical (unpaired) electrons. The number of anilines is 1. The lowest BCUT2D eigenvalue weighted by Crippen LogP contribution is -2.28. The molecule has 1 rings (SSSR count). The fourth-order valence-corrected chi connectivity index (χ4v) is 1.28. The zero-order valence-corrected chi connectivity index (χ0v) is 11.3. The van der Waals surface area contributed by atoms with E-state index in [0.717, 1.165) is 6.42 Å².